The zero-order valence-corrected chi connectivity index (χ0v) is 14.6. The van der Waals surface area contributed by atoms with Crippen LogP contribution in [0.25, 0.3) is 21.5 Å². The van der Waals surface area contributed by atoms with Crippen LogP contribution in [0.5, 0.6) is 5.75 Å². The fraction of sp³-hybridized carbons (Fsp3) is 0.105. The van der Waals surface area contributed by atoms with Crippen molar-refractivity contribution in [1.82, 2.24) is 10.2 Å². The molecule has 4 rings (SSSR count). The molecule has 0 spiro atoms. The van der Waals surface area contributed by atoms with Crippen LogP contribution >= 0.6 is 11.3 Å². The van der Waals surface area contributed by atoms with Gasteiger partial charge in [-0.3, -0.25) is 0 Å². The number of aromatic nitrogens is 2. The summed E-state index contributed by atoms with van der Waals surface area (Å²) in [5.74, 6) is -0.212. The van der Waals surface area contributed by atoms with Gasteiger partial charge in [-0.05, 0) is 41.3 Å². The maximum atomic E-state index is 12.5. The van der Waals surface area contributed by atoms with Gasteiger partial charge < -0.3 is 14.3 Å². The Balaban J connectivity index is 1.55. The van der Waals surface area contributed by atoms with Crippen LogP contribution in [0.4, 0.5) is 0 Å². The van der Waals surface area contributed by atoms with Gasteiger partial charge in [0.2, 0.25) is 0 Å². The summed E-state index contributed by atoms with van der Waals surface area (Å²) in [7, 11) is 0. The second kappa shape index (κ2) is 6.61. The lowest BCUT2D eigenvalue weighted by Crippen LogP contribution is -2.10. The quantitative estimate of drug-likeness (QED) is 0.532. The predicted octanol–water partition coefficient (Wildman–Crippen LogP) is 4.57. The zero-order chi connectivity index (χ0) is 18.1. The highest BCUT2D eigenvalue weighted by Gasteiger charge is 2.22. The molecule has 4 aromatic rings. The molecule has 0 aliphatic heterocycles. The number of carbonyl (C=O) groups excluding carboxylic acids is 1. The summed E-state index contributed by atoms with van der Waals surface area (Å²) < 4.78 is 11.0. The molecule has 0 fully saturated rings. The van der Waals surface area contributed by atoms with Crippen molar-refractivity contribution in [2.24, 2.45) is 0 Å². The Morgan fingerprint density at radius 2 is 1.92 bits per heavy atom. The molecule has 0 amide bonds. The third-order valence-electron chi connectivity index (χ3n) is 3.89. The Morgan fingerprint density at radius 3 is 2.65 bits per heavy atom. The van der Waals surface area contributed by atoms with E-state index >= 15 is 0 Å². The lowest BCUT2D eigenvalue weighted by molar-refractivity contribution is 0.0277. The number of ether oxygens (including phenoxy) is 1. The minimum Gasteiger partial charge on any atom is -0.507 e. The summed E-state index contributed by atoms with van der Waals surface area (Å²) in [4.78, 5) is 13.3. The number of hydrogen-bond acceptors (Lipinski definition) is 7. The molecule has 26 heavy (non-hydrogen) atoms. The molecule has 0 unspecified atom stereocenters. The first-order valence-electron chi connectivity index (χ1n) is 7.92. The molecule has 2 heterocycles. The van der Waals surface area contributed by atoms with Crippen molar-refractivity contribution in [2.75, 3.05) is 0 Å². The van der Waals surface area contributed by atoms with Crippen LogP contribution in [-0.4, -0.2) is 21.3 Å². The van der Waals surface area contributed by atoms with Gasteiger partial charge in [0.1, 0.15) is 11.3 Å². The molecule has 0 aliphatic carbocycles. The number of phenolic OH excluding ortho intramolecular Hbond substituents is 1. The summed E-state index contributed by atoms with van der Waals surface area (Å²) in [5.41, 5.74) is 0.0912. The topological polar surface area (TPSA) is 85.5 Å². The van der Waals surface area contributed by atoms with Crippen LogP contribution in [0.3, 0.4) is 0 Å². The van der Waals surface area contributed by atoms with Gasteiger partial charge in [0, 0.05) is 0 Å². The standard InChI is InChI=1S/C19H14N2O4S/c1-11(17-20-21-18(25-17)16-7-4-8-26-16)24-19(23)14-9-12-5-2-3-6-13(12)10-15(14)22/h2-11,22H,1H3/t11-/m1/s1. The smallest absolute Gasteiger partial charge is 0.342 e. The molecule has 1 N–H and O–H groups in total. The van der Waals surface area contributed by atoms with Crippen LogP contribution in [-0.2, 0) is 4.74 Å². The molecule has 0 aliphatic rings. The van der Waals surface area contributed by atoms with Crippen molar-refractivity contribution < 1.29 is 19.1 Å². The van der Waals surface area contributed by atoms with E-state index in [0.29, 0.717) is 5.89 Å². The number of esters is 1. The molecule has 0 radical (unpaired) electrons. The molecule has 2 aromatic carbocycles. The molecule has 0 bridgehead atoms. The molecule has 7 heteroatoms. The van der Waals surface area contributed by atoms with Gasteiger partial charge in [-0.15, -0.1) is 21.5 Å². The molecular formula is C19H14N2O4S. The van der Waals surface area contributed by atoms with Crippen molar-refractivity contribution in [3.8, 4) is 16.5 Å². The Kier molecular flexibility index (Phi) is 4.14. The average Bonchev–Trinajstić information content (AvgIpc) is 3.32. The number of rotatable bonds is 4. The van der Waals surface area contributed by atoms with E-state index in [1.54, 1.807) is 13.0 Å². The van der Waals surface area contributed by atoms with Gasteiger partial charge in [0.05, 0.1) is 4.88 Å². The number of phenols is 1. The molecule has 6 nitrogen and oxygen atoms in total. The van der Waals surface area contributed by atoms with Crippen LogP contribution < -0.4 is 0 Å². The van der Waals surface area contributed by atoms with E-state index in [0.717, 1.165) is 15.6 Å². The highest BCUT2D eigenvalue weighted by atomic mass is 32.1. The summed E-state index contributed by atoms with van der Waals surface area (Å²) in [6.07, 6.45) is -0.741. The zero-order valence-electron chi connectivity index (χ0n) is 13.7. The van der Waals surface area contributed by atoms with Crippen LogP contribution in [0.1, 0.15) is 29.3 Å². The maximum absolute atomic E-state index is 12.5. The lowest BCUT2D eigenvalue weighted by atomic mass is 10.1. The van der Waals surface area contributed by atoms with Crippen LogP contribution in [0, 0.1) is 0 Å². The molecule has 130 valence electrons. The minimum absolute atomic E-state index is 0.0912. The van der Waals surface area contributed by atoms with Gasteiger partial charge >= 0.3 is 5.97 Å². The third kappa shape index (κ3) is 3.04. The van der Waals surface area contributed by atoms with Gasteiger partial charge in [0.25, 0.3) is 11.8 Å². The number of carbonyl (C=O) groups is 1. The van der Waals surface area contributed by atoms with Gasteiger partial charge in [0.15, 0.2) is 6.10 Å². The molecule has 0 saturated carbocycles. The molecular weight excluding hydrogens is 352 g/mol. The van der Waals surface area contributed by atoms with Crippen LogP contribution in [0.2, 0.25) is 0 Å². The number of fused-ring (bicyclic) bond motifs is 1. The van der Waals surface area contributed by atoms with Crippen molar-refractivity contribution in [1.29, 1.82) is 0 Å². The molecule has 1 atom stereocenters. The number of hydrogen-bond donors (Lipinski definition) is 1. The minimum atomic E-state index is -0.741. The van der Waals surface area contributed by atoms with E-state index in [2.05, 4.69) is 10.2 Å². The number of nitrogens with zero attached hydrogens (tertiary/aromatic N) is 2. The molecule has 2 aromatic heterocycles. The largest absolute Gasteiger partial charge is 0.507 e. The van der Waals surface area contributed by atoms with Crippen molar-refractivity contribution in [2.45, 2.75) is 13.0 Å². The number of benzene rings is 2. The summed E-state index contributed by atoms with van der Waals surface area (Å²) in [6, 6.07) is 14.3. The van der Waals surface area contributed by atoms with Crippen molar-refractivity contribution >= 4 is 28.1 Å². The summed E-state index contributed by atoms with van der Waals surface area (Å²) in [5, 5.41) is 21.6. The lowest BCUT2D eigenvalue weighted by Gasteiger charge is -2.11. The maximum Gasteiger partial charge on any atom is 0.342 e. The van der Waals surface area contributed by atoms with E-state index in [1.165, 1.54) is 17.4 Å². The average molecular weight is 366 g/mol. The van der Waals surface area contributed by atoms with E-state index < -0.39 is 12.1 Å². The normalized spacial score (nSPS) is 12.2. The fourth-order valence-electron chi connectivity index (χ4n) is 2.56. The first kappa shape index (κ1) is 16.3. The van der Waals surface area contributed by atoms with E-state index in [9.17, 15) is 9.90 Å². The van der Waals surface area contributed by atoms with E-state index in [1.807, 2.05) is 41.8 Å². The number of aromatic hydroxyl groups is 1. The predicted molar refractivity (Wildman–Crippen MR) is 97.1 cm³/mol. The second-order valence-corrected chi connectivity index (χ2v) is 6.63. The SMILES string of the molecule is C[C@@H](OC(=O)c1cc2ccccc2cc1O)c1nnc(-c2cccs2)o1. The van der Waals surface area contributed by atoms with E-state index in [-0.39, 0.29) is 17.2 Å². The van der Waals surface area contributed by atoms with Crippen LogP contribution in [0.15, 0.2) is 58.3 Å². The van der Waals surface area contributed by atoms with Crippen molar-refractivity contribution in [3.05, 3.63) is 65.4 Å². The first-order valence-corrected chi connectivity index (χ1v) is 8.80. The summed E-state index contributed by atoms with van der Waals surface area (Å²) in [6.45, 7) is 1.64. The van der Waals surface area contributed by atoms with E-state index in [4.69, 9.17) is 9.15 Å². The van der Waals surface area contributed by atoms with Gasteiger partial charge in [-0.2, -0.15) is 0 Å². The highest BCUT2D eigenvalue weighted by molar-refractivity contribution is 7.13. The van der Waals surface area contributed by atoms with Gasteiger partial charge in [-0.1, -0.05) is 30.3 Å². The number of thiophene rings is 1. The monoisotopic (exact) mass is 366 g/mol. The van der Waals surface area contributed by atoms with Gasteiger partial charge in [-0.25, -0.2) is 4.79 Å². The Morgan fingerprint density at radius 1 is 1.15 bits per heavy atom. The first-order chi connectivity index (χ1) is 12.6. The Labute approximate surface area is 152 Å². The highest BCUT2D eigenvalue weighted by Crippen LogP contribution is 2.29. The summed E-state index contributed by atoms with van der Waals surface area (Å²) >= 11 is 1.48. The Bertz CT molecular complexity index is 1070. The Hall–Kier alpha value is -3.19. The third-order valence-corrected chi connectivity index (χ3v) is 4.75. The second-order valence-electron chi connectivity index (χ2n) is 5.69. The fourth-order valence-corrected chi connectivity index (χ4v) is 3.21. The van der Waals surface area contributed by atoms with Crippen molar-refractivity contribution in [3.63, 3.8) is 0 Å². The molecule has 0 saturated heterocycles.